The van der Waals surface area contributed by atoms with Gasteiger partial charge in [0.2, 0.25) is 0 Å². The van der Waals surface area contributed by atoms with Gasteiger partial charge in [-0.3, -0.25) is 9.96 Å². The standard InChI is InChI=1S/C5H9N2OP/c6-9-7-3-1-5(8)2-4-7/h6H,1-4H2. The summed E-state index contributed by atoms with van der Waals surface area (Å²) < 4.78 is 1.95. The Hall–Kier alpha value is -0.270. The number of carbonyl (C=O) groups excluding carboxylic acids is 1. The number of carbonyl (C=O) groups is 1. The van der Waals surface area contributed by atoms with Gasteiger partial charge in [-0.05, 0) is 0 Å². The largest absolute Gasteiger partial charge is 0.300 e. The maximum atomic E-state index is 10.6. The molecule has 0 atom stereocenters. The SMILES string of the molecule is N=PN1CCC(=O)CC1. The van der Waals surface area contributed by atoms with Gasteiger partial charge < -0.3 is 0 Å². The van der Waals surface area contributed by atoms with Crippen LogP contribution in [0.3, 0.4) is 0 Å². The Labute approximate surface area is 55.8 Å². The molecular weight excluding hydrogens is 135 g/mol. The monoisotopic (exact) mass is 144 g/mol. The normalized spacial score (nSPS) is 22.9. The van der Waals surface area contributed by atoms with Crippen molar-refractivity contribution in [2.75, 3.05) is 13.1 Å². The van der Waals surface area contributed by atoms with Gasteiger partial charge in [0.1, 0.15) is 5.78 Å². The lowest BCUT2D eigenvalue weighted by molar-refractivity contribution is -0.120. The summed E-state index contributed by atoms with van der Waals surface area (Å²) >= 11 is 0. The number of ketones is 1. The molecule has 1 fully saturated rings. The summed E-state index contributed by atoms with van der Waals surface area (Å²) in [6.45, 7) is 1.56. The Morgan fingerprint density at radius 2 is 2.00 bits per heavy atom. The topological polar surface area (TPSA) is 44.2 Å². The average Bonchev–Trinajstić information content (AvgIpc) is 1.90. The second-order valence-electron chi connectivity index (χ2n) is 2.09. The van der Waals surface area contributed by atoms with Crippen LogP contribution in [-0.4, -0.2) is 23.5 Å². The Bertz CT molecular complexity index is 127. The highest BCUT2D eigenvalue weighted by atomic mass is 31.1. The van der Waals surface area contributed by atoms with E-state index < -0.39 is 0 Å². The van der Waals surface area contributed by atoms with Gasteiger partial charge in [0.25, 0.3) is 0 Å². The van der Waals surface area contributed by atoms with E-state index >= 15 is 0 Å². The van der Waals surface area contributed by atoms with Crippen LogP contribution >= 0.6 is 8.52 Å². The first-order valence-corrected chi connectivity index (χ1v) is 3.81. The Morgan fingerprint density at radius 1 is 1.44 bits per heavy atom. The van der Waals surface area contributed by atoms with Gasteiger partial charge in [0.05, 0.1) is 8.52 Å². The molecule has 0 radical (unpaired) electrons. The molecule has 0 spiro atoms. The maximum absolute atomic E-state index is 10.6. The van der Waals surface area contributed by atoms with E-state index in [9.17, 15) is 4.79 Å². The fraction of sp³-hybridized carbons (Fsp3) is 0.800. The lowest BCUT2D eigenvalue weighted by Gasteiger charge is -2.18. The molecule has 1 saturated heterocycles. The van der Waals surface area contributed by atoms with Crippen molar-refractivity contribution in [1.82, 2.24) is 4.67 Å². The molecule has 1 aliphatic rings. The molecule has 0 aromatic carbocycles. The van der Waals surface area contributed by atoms with Crippen molar-refractivity contribution in [2.24, 2.45) is 0 Å². The number of rotatable bonds is 1. The lowest BCUT2D eigenvalue weighted by atomic mass is 10.1. The van der Waals surface area contributed by atoms with Crippen molar-refractivity contribution in [2.45, 2.75) is 12.8 Å². The number of Topliss-reactive ketones (excluding diaryl/α,β-unsaturated/α-hetero) is 1. The molecule has 1 rings (SSSR count). The molecule has 0 bridgehead atoms. The van der Waals surface area contributed by atoms with Gasteiger partial charge in [-0.2, -0.15) is 0 Å². The third-order valence-electron chi connectivity index (χ3n) is 1.44. The minimum Gasteiger partial charge on any atom is -0.300 e. The van der Waals surface area contributed by atoms with E-state index in [0.717, 1.165) is 13.1 Å². The molecule has 50 valence electrons. The van der Waals surface area contributed by atoms with Crippen LogP contribution in [0.2, 0.25) is 0 Å². The van der Waals surface area contributed by atoms with Crippen molar-refractivity contribution >= 4 is 14.3 Å². The van der Waals surface area contributed by atoms with Crippen LogP contribution in [0, 0.1) is 5.16 Å². The second-order valence-corrected chi connectivity index (χ2v) is 2.86. The fourth-order valence-corrected chi connectivity index (χ4v) is 1.24. The zero-order valence-electron chi connectivity index (χ0n) is 5.13. The summed E-state index contributed by atoms with van der Waals surface area (Å²) in [5.41, 5.74) is 0. The quantitative estimate of drug-likeness (QED) is 0.563. The number of nitrogens with zero attached hydrogens (tertiary/aromatic N) is 1. The van der Waals surface area contributed by atoms with E-state index in [0.29, 0.717) is 27.1 Å². The first-order chi connectivity index (χ1) is 4.33. The van der Waals surface area contributed by atoms with Crippen LogP contribution in [-0.2, 0) is 4.79 Å². The van der Waals surface area contributed by atoms with E-state index in [2.05, 4.69) is 0 Å². The summed E-state index contributed by atoms with van der Waals surface area (Å²) in [5, 5.41) is 6.95. The summed E-state index contributed by atoms with van der Waals surface area (Å²) in [4.78, 5) is 10.6. The van der Waals surface area contributed by atoms with Crippen LogP contribution in [0.1, 0.15) is 12.8 Å². The molecule has 0 unspecified atom stereocenters. The summed E-state index contributed by atoms with van der Waals surface area (Å²) in [6, 6.07) is 0. The van der Waals surface area contributed by atoms with E-state index in [-0.39, 0.29) is 0 Å². The van der Waals surface area contributed by atoms with Crippen molar-refractivity contribution in [3.05, 3.63) is 0 Å². The molecule has 0 aliphatic carbocycles. The first-order valence-electron chi connectivity index (χ1n) is 2.97. The zero-order chi connectivity index (χ0) is 6.69. The first kappa shape index (κ1) is 6.84. The van der Waals surface area contributed by atoms with Crippen molar-refractivity contribution in [1.29, 1.82) is 5.16 Å². The molecular formula is C5H9N2OP. The minimum atomic E-state index is 0.343. The van der Waals surface area contributed by atoms with E-state index in [1.807, 2.05) is 4.67 Å². The molecule has 0 aromatic heterocycles. The minimum absolute atomic E-state index is 0.343. The Balaban J connectivity index is 2.34. The number of piperidine rings is 1. The van der Waals surface area contributed by atoms with Crippen LogP contribution in [0.15, 0.2) is 0 Å². The second kappa shape index (κ2) is 3.04. The number of nitrogens with one attached hydrogen (secondary N) is 1. The molecule has 0 amide bonds. The molecule has 0 aromatic rings. The summed E-state index contributed by atoms with van der Waals surface area (Å²) in [6.07, 6.45) is 1.29. The predicted molar refractivity (Wildman–Crippen MR) is 35.5 cm³/mol. The third-order valence-corrected chi connectivity index (χ3v) is 2.12. The Kier molecular flexibility index (Phi) is 2.31. The smallest absolute Gasteiger partial charge is 0.135 e. The molecule has 1 heterocycles. The molecule has 3 nitrogen and oxygen atoms in total. The Morgan fingerprint density at radius 3 is 2.44 bits per heavy atom. The molecule has 0 saturated carbocycles. The maximum Gasteiger partial charge on any atom is 0.135 e. The van der Waals surface area contributed by atoms with Gasteiger partial charge in [0.15, 0.2) is 0 Å². The van der Waals surface area contributed by atoms with Gasteiger partial charge in [-0.1, -0.05) is 0 Å². The van der Waals surface area contributed by atoms with Crippen LogP contribution in [0.25, 0.3) is 0 Å². The van der Waals surface area contributed by atoms with Crippen LogP contribution in [0.5, 0.6) is 0 Å². The molecule has 9 heavy (non-hydrogen) atoms. The van der Waals surface area contributed by atoms with Crippen LogP contribution in [0.4, 0.5) is 0 Å². The van der Waals surface area contributed by atoms with Crippen molar-refractivity contribution in [3.8, 4) is 0 Å². The van der Waals surface area contributed by atoms with Crippen molar-refractivity contribution < 1.29 is 4.79 Å². The van der Waals surface area contributed by atoms with Gasteiger partial charge in [0, 0.05) is 25.9 Å². The van der Waals surface area contributed by atoms with Gasteiger partial charge >= 0.3 is 0 Å². The highest BCUT2D eigenvalue weighted by molar-refractivity contribution is 7.22. The highest BCUT2D eigenvalue weighted by Gasteiger charge is 2.13. The van der Waals surface area contributed by atoms with Crippen molar-refractivity contribution in [3.63, 3.8) is 0 Å². The third kappa shape index (κ3) is 1.84. The molecule has 4 heteroatoms. The fourth-order valence-electron chi connectivity index (χ4n) is 0.844. The molecule has 1 aliphatic heterocycles. The highest BCUT2D eigenvalue weighted by Crippen LogP contribution is 2.12. The zero-order valence-corrected chi connectivity index (χ0v) is 6.03. The number of hydrogen-bond donors (Lipinski definition) is 1. The van der Waals surface area contributed by atoms with Gasteiger partial charge in [-0.15, -0.1) is 0 Å². The van der Waals surface area contributed by atoms with Crippen LogP contribution < -0.4 is 0 Å². The van der Waals surface area contributed by atoms with E-state index in [1.54, 1.807) is 0 Å². The summed E-state index contributed by atoms with van der Waals surface area (Å²) in [5.74, 6) is 0.343. The van der Waals surface area contributed by atoms with E-state index in [4.69, 9.17) is 5.16 Å². The number of hydrogen-bond acceptors (Lipinski definition) is 2. The summed E-state index contributed by atoms with van der Waals surface area (Å²) in [7, 11) is 0.553. The molecule has 1 N–H and O–H groups in total. The predicted octanol–water partition coefficient (Wildman–Crippen LogP) is 1.27. The lowest BCUT2D eigenvalue weighted by Crippen LogP contribution is -2.26. The van der Waals surface area contributed by atoms with E-state index in [1.165, 1.54) is 0 Å². The average molecular weight is 144 g/mol. The van der Waals surface area contributed by atoms with Gasteiger partial charge in [-0.25, -0.2) is 4.67 Å².